The van der Waals surface area contributed by atoms with Gasteiger partial charge in [-0.3, -0.25) is 4.98 Å². The topological polar surface area (TPSA) is 38.9 Å². The second kappa shape index (κ2) is 3.83. The van der Waals surface area contributed by atoms with E-state index in [4.69, 9.17) is 5.73 Å². The summed E-state index contributed by atoms with van der Waals surface area (Å²) in [5, 5.41) is 0. The SMILES string of the molecule is CCC(N)c1ncccc1Br. The summed E-state index contributed by atoms with van der Waals surface area (Å²) >= 11 is 3.40. The summed E-state index contributed by atoms with van der Waals surface area (Å²) < 4.78 is 0.995. The molecule has 0 bridgehead atoms. The van der Waals surface area contributed by atoms with Crippen LogP contribution >= 0.6 is 15.9 Å². The van der Waals surface area contributed by atoms with Crippen molar-refractivity contribution in [2.45, 2.75) is 19.4 Å². The average molecular weight is 215 g/mol. The minimum Gasteiger partial charge on any atom is -0.323 e. The van der Waals surface area contributed by atoms with Gasteiger partial charge in [0.25, 0.3) is 0 Å². The van der Waals surface area contributed by atoms with Crippen molar-refractivity contribution in [3.8, 4) is 0 Å². The molecule has 0 aliphatic rings. The van der Waals surface area contributed by atoms with Crippen molar-refractivity contribution in [3.63, 3.8) is 0 Å². The third-order valence-electron chi connectivity index (χ3n) is 1.58. The summed E-state index contributed by atoms with van der Waals surface area (Å²) in [5.41, 5.74) is 6.74. The summed E-state index contributed by atoms with van der Waals surface area (Å²) in [4.78, 5) is 4.18. The molecule has 2 nitrogen and oxygen atoms in total. The maximum absolute atomic E-state index is 5.80. The summed E-state index contributed by atoms with van der Waals surface area (Å²) in [6, 6.07) is 3.89. The second-order valence-corrected chi connectivity index (χ2v) is 3.24. The van der Waals surface area contributed by atoms with Gasteiger partial charge in [0.15, 0.2) is 0 Å². The van der Waals surface area contributed by atoms with Crippen molar-refractivity contribution in [2.24, 2.45) is 5.73 Å². The van der Waals surface area contributed by atoms with E-state index in [-0.39, 0.29) is 6.04 Å². The standard InChI is InChI=1S/C8H11BrN2/c1-2-7(10)8-6(9)4-3-5-11-8/h3-5,7H,2,10H2,1H3. The first-order valence-electron chi connectivity index (χ1n) is 3.61. The highest BCUT2D eigenvalue weighted by Gasteiger charge is 2.07. The van der Waals surface area contributed by atoms with Gasteiger partial charge >= 0.3 is 0 Å². The van der Waals surface area contributed by atoms with Gasteiger partial charge in [0, 0.05) is 16.7 Å². The highest BCUT2D eigenvalue weighted by atomic mass is 79.9. The number of hydrogen-bond donors (Lipinski definition) is 1. The van der Waals surface area contributed by atoms with Crippen LogP contribution in [0.5, 0.6) is 0 Å². The Hall–Kier alpha value is -0.410. The van der Waals surface area contributed by atoms with Crippen molar-refractivity contribution in [3.05, 3.63) is 28.5 Å². The Bertz CT molecular complexity index is 237. The van der Waals surface area contributed by atoms with Crippen LogP contribution in [0.15, 0.2) is 22.8 Å². The molecule has 0 fully saturated rings. The third kappa shape index (κ3) is 2.01. The Labute approximate surface area is 75.0 Å². The molecule has 0 saturated heterocycles. The minimum atomic E-state index is 0.0468. The Balaban J connectivity index is 2.93. The Morgan fingerprint density at radius 2 is 2.45 bits per heavy atom. The summed E-state index contributed by atoms with van der Waals surface area (Å²) in [5.74, 6) is 0. The first kappa shape index (κ1) is 8.68. The van der Waals surface area contributed by atoms with Gasteiger partial charge in [0.05, 0.1) is 5.69 Å². The Kier molecular flexibility index (Phi) is 3.02. The fraction of sp³-hybridized carbons (Fsp3) is 0.375. The van der Waals surface area contributed by atoms with Crippen LogP contribution in [0.3, 0.4) is 0 Å². The molecule has 3 heteroatoms. The number of rotatable bonds is 2. The van der Waals surface area contributed by atoms with Crippen LogP contribution in [0.25, 0.3) is 0 Å². The molecular weight excluding hydrogens is 204 g/mol. The number of nitrogens with two attached hydrogens (primary N) is 1. The van der Waals surface area contributed by atoms with Gasteiger partial charge in [0.1, 0.15) is 0 Å². The Morgan fingerprint density at radius 1 is 1.73 bits per heavy atom. The third-order valence-corrected chi connectivity index (χ3v) is 2.25. The van der Waals surface area contributed by atoms with E-state index >= 15 is 0 Å². The van der Waals surface area contributed by atoms with Crippen LogP contribution in [0.4, 0.5) is 0 Å². The van der Waals surface area contributed by atoms with Crippen molar-refractivity contribution in [1.82, 2.24) is 4.98 Å². The van der Waals surface area contributed by atoms with Gasteiger partial charge in [-0.2, -0.15) is 0 Å². The van der Waals surface area contributed by atoms with Gasteiger partial charge in [-0.25, -0.2) is 0 Å². The molecule has 11 heavy (non-hydrogen) atoms. The molecule has 0 amide bonds. The highest BCUT2D eigenvalue weighted by molar-refractivity contribution is 9.10. The van der Waals surface area contributed by atoms with Gasteiger partial charge in [0.2, 0.25) is 0 Å². The van der Waals surface area contributed by atoms with Gasteiger partial charge < -0.3 is 5.73 Å². The monoisotopic (exact) mass is 214 g/mol. The van der Waals surface area contributed by atoms with E-state index < -0.39 is 0 Å². The zero-order valence-corrected chi connectivity index (χ0v) is 8.01. The second-order valence-electron chi connectivity index (χ2n) is 2.39. The summed E-state index contributed by atoms with van der Waals surface area (Å²) in [6.07, 6.45) is 2.67. The molecule has 1 aromatic rings. The first-order valence-corrected chi connectivity index (χ1v) is 4.41. The quantitative estimate of drug-likeness (QED) is 0.821. The van der Waals surface area contributed by atoms with Crippen LogP contribution in [-0.4, -0.2) is 4.98 Å². The van der Waals surface area contributed by atoms with E-state index in [1.807, 2.05) is 19.1 Å². The molecule has 1 aromatic heterocycles. The van der Waals surface area contributed by atoms with E-state index in [1.165, 1.54) is 0 Å². The minimum absolute atomic E-state index is 0.0468. The number of halogens is 1. The van der Waals surface area contributed by atoms with Crippen molar-refractivity contribution in [1.29, 1.82) is 0 Å². The smallest absolute Gasteiger partial charge is 0.0712 e. The van der Waals surface area contributed by atoms with Crippen molar-refractivity contribution in [2.75, 3.05) is 0 Å². The maximum Gasteiger partial charge on any atom is 0.0712 e. The highest BCUT2D eigenvalue weighted by Crippen LogP contribution is 2.20. The number of nitrogens with zero attached hydrogens (tertiary/aromatic N) is 1. The zero-order chi connectivity index (χ0) is 8.27. The molecular formula is C8H11BrN2. The number of aromatic nitrogens is 1. The molecule has 2 N–H and O–H groups in total. The van der Waals surface area contributed by atoms with Crippen LogP contribution in [0.2, 0.25) is 0 Å². The van der Waals surface area contributed by atoms with Crippen LogP contribution in [0.1, 0.15) is 25.1 Å². The predicted molar refractivity (Wildman–Crippen MR) is 49.2 cm³/mol. The molecule has 0 saturated carbocycles. The molecule has 1 atom stereocenters. The summed E-state index contributed by atoms with van der Waals surface area (Å²) in [7, 11) is 0. The molecule has 60 valence electrons. The van der Waals surface area contributed by atoms with Crippen molar-refractivity contribution < 1.29 is 0 Å². The predicted octanol–water partition coefficient (Wildman–Crippen LogP) is 2.25. The molecule has 0 spiro atoms. The van der Waals surface area contributed by atoms with Crippen LogP contribution in [-0.2, 0) is 0 Å². The Morgan fingerprint density at radius 3 is 3.00 bits per heavy atom. The first-order chi connectivity index (χ1) is 5.25. The van der Waals surface area contributed by atoms with E-state index in [0.717, 1.165) is 16.6 Å². The molecule has 1 rings (SSSR count). The van der Waals surface area contributed by atoms with Crippen LogP contribution in [0, 0.1) is 0 Å². The lowest BCUT2D eigenvalue weighted by Gasteiger charge is -2.08. The fourth-order valence-electron chi connectivity index (χ4n) is 0.864. The largest absolute Gasteiger partial charge is 0.323 e. The number of pyridine rings is 1. The lowest BCUT2D eigenvalue weighted by molar-refractivity contribution is 0.672. The molecule has 1 unspecified atom stereocenters. The van der Waals surface area contributed by atoms with Crippen molar-refractivity contribution >= 4 is 15.9 Å². The van der Waals surface area contributed by atoms with Gasteiger partial charge in [-0.15, -0.1) is 0 Å². The van der Waals surface area contributed by atoms with E-state index in [9.17, 15) is 0 Å². The fourth-order valence-corrected chi connectivity index (χ4v) is 1.41. The molecule has 1 heterocycles. The lowest BCUT2D eigenvalue weighted by Crippen LogP contribution is -2.10. The van der Waals surface area contributed by atoms with Crippen LogP contribution < -0.4 is 5.73 Å². The zero-order valence-electron chi connectivity index (χ0n) is 6.42. The van der Waals surface area contributed by atoms with E-state index in [0.29, 0.717) is 0 Å². The number of hydrogen-bond acceptors (Lipinski definition) is 2. The maximum atomic E-state index is 5.80. The van der Waals surface area contributed by atoms with E-state index in [2.05, 4.69) is 20.9 Å². The molecule has 0 radical (unpaired) electrons. The molecule has 0 aromatic carbocycles. The molecule has 0 aliphatic heterocycles. The molecule has 0 aliphatic carbocycles. The normalized spacial score (nSPS) is 13.0. The average Bonchev–Trinajstić information content (AvgIpc) is 2.04. The van der Waals surface area contributed by atoms with E-state index in [1.54, 1.807) is 6.20 Å². The van der Waals surface area contributed by atoms with Gasteiger partial charge in [-0.1, -0.05) is 6.92 Å². The van der Waals surface area contributed by atoms with Gasteiger partial charge in [-0.05, 0) is 34.5 Å². The summed E-state index contributed by atoms with van der Waals surface area (Å²) in [6.45, 7) is 2.05. The lowest BCUT2D eigenvalue weighted by atomic mass is 10.1.